The zero-order valence-electron chi connectivity index (χ0n) is 14.7. The van der Waals surface area contributed by atoms with Gasteiger partial charge in [0.2, 0.25) is 5.91 Å². The van der Waals surface area contributed by atoms with Gasteiger partial charge in [-0.3, -0.25) is 19.6 Å². The molecule has 1 saturated heterocycles. The van der Waals surface area contributed by atoms with Crippen molar-refractivity contribution in [1.82, 2.24) is 14.8 Å². The highest BCUT2D eigenvalue weighted by Crippen LogP contribution is 2.13. The molecule has 138 valence electrons. The van der Waals surface area contributed by atoms with E-state index in [4.69, 9.17) is 0 Å². The number of hydrogen-bond acceptors (Lipinski definition) is 4. The first-order valence-corrected chi connectivity index (χ1v) is 8.60. The van der Waals surface area contributed by atoms with Crippen LogP contribution in [0.1, 0.15) is 11.1 Å². The highest BCUT2D eigenvalue weighted by molar-refractivity contribution is 5.92. The van der Waals surface area contributed by atoms with Crippen LogP contribution in [0.3, 0.4) is 0 Å². The number of halogens is 2. The lowest BCUT2D eigenvalue weighted by Crippen LogP contribution is -2.48. The molecular formula is C19H22F2N4O. The molecule has 1 aliphatic rings. The third-order valence-corrected chi connectivity index (χ3v) is 4.37. The first-order valence-electron chi connectivity index (χ1n) is 8.60. The summed E-state index contributed by atoms with van der Waals surface area (Å²) in [4.78, 5) is 20.7. The topological polar surface area (TPSA) is 48.5 Å². The van der Waals surface area contributed by atoms with Gasteiger partial charge in [-0.2, -0.15) is 0 Å². The van der Waals surface area contributed by atoms with Crippen LogP contribution < -0.4 is 5.32 Å². The third-order valence-electron chi connectivity index (χ3n) is 4.37. The molecule has 26 heavy (non-hydrogen) atoms. The number of nitrogens with zero attached hydrogens (tertiary/aromatic N) is 3. The van der Waals surface area contributed by atoms with Crippen LogP contribution in [0, 0.1) is 18.6 Å². The predicted molar refractivity (Wildman–Crippen MR) is 95.7 cm³/mol. The Kier molecular flexibility index (Phi) is 5.90. The Hall–Kier alpha value is -2.38. The van der Waals surface area contributed by atoms with Crippen molar-refractivity contribution < 1.29 is 13.6 Å². The number of rotatable bonds is 5. The van der Waals surface area contributed by atoms with E-state index in [0.717, 1.165) is 50.4 Å². The van der Waals surface area contributed by atoms with Crippen LogP contribution in [-0.4, -0.2) is 53.4 Å². The summed E-state index contributed by atoms with van der Waals surface area (Å²) >= 11 is 0. The fourth-order valence-corrected chi connectivity index (χ4v) is 3.05. The van der Waals surface area contributed by atoms with Crippen LogP contribution in [0.15, 0.2) is 36.7 Å². The fourth-order valence-electron chi connectivity index (χ4n) is 3.05. The third kappa shape index (κ3) is 5.06. The molecule has 3 rings (SSSR count). The average Bonchev–Trinajstić information content (AvgIpc) is 2.60. The minimum Gasteiger partial charge on any atom is -0.325 e. The largest absolute Gasteiger partial charge is 0.325 e. The summed E-state index contributed by atoms with van der Waals surface area (Å²) in [5.74, 6) is -2.13. The Balaban J connectivity index is 1.44. The number of pyridine rings is 1. The van der Waals surface area contributed by atoms with Gasteiger partial charge in [-0.05, 0) is 30.2 Å². The maximum atomic E-state index is 13.2. The Morgan fingerprint density at radius 2 is 1.81 bits per heavy atom. The smallest absolute Gasteiger partial charge is 0.238 e. The molecule has 1 N–H and O–H groups in total. The summed E-state index contributed by atoms with van der Waals surface area (Å²) in [7, 11) is 0. The second-order valence-corrected chi connectivity index (χ2v) is 6.60. The quantitative estimate of drug-likeness (QED) is 0.890. The van der Waals surface area contributed by atoms with Gasteiger partial charge in [0.1, 0.15) is 0 Å². The van der Waals surface area contributed by atoms with Crippen LogP contribution in [0.2, 0.25) is 0 Å². The summed E-state index contributed by atoms with van der Waals surface area (Å²) in [6, 6.07) is 5.48. The van der Waals surface area contributed by atoms with Gasteiger partial charge in [0.05, 0.1) is 6.54 Å². The minimum atomic E-state index is -0.970. The molecular weight excluding hydrogens is 338 g/mol. The van der Waals surface area contributed by atoms with E-state index in [9.17, 15) is 13.6 Å². The van der Waals surface area contributed by atoms with Crippen molar-refractivity contribution >= 4 is 11.6 Å². The molecule has 5 nitrogen and oxygen atoms in total. The lowest BCUT2D eigenvalue weighted by atomic mass is 10.2. The lowest BCUT2D eigenvalue weighted by Gasteiger charge is -2.34. The molecule has 0 saturated carbocycles. The number of anilines is 1. The summed E-state index contributed by atoms with van der Waals surface area (Å²) < 4.78 is 26.1. The minimum absolute atomic E-state index is 0.229. The Morgan fingerprint density at radius 3 is 2.50 bits per heavy atom. The fraction of sp³-hybridized carbons (Fsp3) is 0.368. The lowest BCUT2D eigenvalue weighted by molar-refractivity contribution is -0.117. The molecule has 1 aliphatic heterocycles. The number of aromatic nitrogens is 1. The van der Waals surface area contributed by atoms with Crippen LogP contribution >= 0.6 is 0 Å². The number of piperazine rings is 1. The van der Waals surface area contributed by atoms with Crippen LogP contribution in [0.4, 0.5) is 14.5 Å². The molecule has 7 heteroatoms. The van der Waals surface area contributed by atoms with E-state index < -0.39 is 11.6 Å². The summed E-state index contributed by atoms with van der Waals surface area (Å²) in [5.41, 5.74) is 2.60. The zero-order chi connectivity index (χ0) is 18.5. The number of hydrogen-bond donors (Lipinski definition) is 1. The van der Waals surface area contributed by atoms with Crippen molar-refractivity contribution in [2.75, 3.05) is 38.0 Å². The molecule has 2 heterocycles. The number of aryl methyl sites for hydroxylation is 1. The van der Waals surface area contributed by atoms with Gasteiger partial charge in [-0.15, -0.1) is 0 Å². The van der Waals surface area contributed by atoms with Crippen molar-refractivity contribution in [3.63, 3.8) is 0 Å². The number of nitrogens with one attached hydrogen (secondary N) is 1. The molecule has 0 unspecified atom stereocenters. The van der Waals surface area contributed by atoms with Crippen molar-refractivity contribution in [3.8, 4) is 0 Å². The molecule has 0 spiro atoms. The van der Waals surface area contributed by atoms with Gasteiger partial charge in [-0.25, -0.2) is 8.78 Å². The Bertz CT molecular complexity index is 776. The maximum Gasteiger partial charge on any atom is 0.238 e. The van der Waals surface area contributed by atoms with E-state index in [1.165, 1.54) is 11.6 Å². The van der Waals surface area contributed by atoms with E-state index in [1.807, 2.05) is 19.3 Å². The zero-order valence-corrected chi connectivity index (χ0v) is 14.7. The van der Waals surface area contributed by atoms with Gasteiger partial charge >= 0.3 is 0 Å². The summed E-state index contributed by atoms with van der Waals surface area (Å²) in [5, 5.41) is 2.61. The van der Waals surface area contributed by atoms with Gasteiger partial charge in [0.15, 0.2) is 11.6 Å². The molecule has 1 amide bonds. The first kappa shape index (κ1) is 18.4. The van der Waals surface area contributed by atoms with Crippen LogP contribution in [0.5, 0.6) is 0 Å². The van der Waals surface area contributed by atoms with Gasteiger partial charge < -0.3 is 5.32 Å². The van der Waals surface area contributed by atoms with E-state index in [0.29, 0.717) is 0 Å². The van der Waals surface area contributed by atoms with Crippen LogP contribution in [0.25, 0.3) is 0 Å². The standard InChI is InChI=1S/C19H22F2N4O/c1-14-8-15(11-22-10-14)12-24-4-6-25(7-5-24)13-19(26)23-16-2-3-17(20)18(21)9-16/h2-3,8-11H,4-7,12-13H2,1H3,(H,23,26). The van der Waals surface area contributed by atoms with Crippen LogP contribution in [-0.2, 0) is 11.3 Å². The summed E-state index contributed by atoms with van der Waals surface area (Å²) in [6.45, 7) is 6.41. The SMILES string of the molecule is Cc1cncc(CN2CCN(CC(=O)Nc3ccc(F)c(F)c3)CC2)c1. The second-order valence-electron chi connectivity index (χ2n) is 6.60. The maximum absolute atomic E-state index is 13.2. The van der Waals surface area contributed by atoms with Crippen molar-refractivity contribution in [1.29, 1.82) is 0 Å². The molecule has 1 fully saturated rings. The highest BCUT2D eigenvalue weighted by Gasteiger charge is 2.19. The van der Waals surface area contributed by atoms with E-state index in [-0.39, 0.29) is 18.1 Å². The average molecular weight is 360 g/mol. The van der Waals surface area contributed by atoms with E-state index in [2.05, 4.69) is 26.2 Å². The Labute approximate surface area is 151 Å². The van der Waals surface area contributed by atoms with Gasteiger partial charge in [-0.1, -0.05) is 6.07 Å². The van der Waals surface area contributed by atoms with Gasteiger partial charge in [0.25, 0.3) is 0 Å². The highest BCUT2D eigenvalue weighted by atomic mass is 19.2. The Morgan fingerprint density at radius 1 is 1.08 bits per heavy atom. The van der Waals surface area contributed by atoms with E-state index >= 15 is 0 Å². The van der Waals surface area contributed by atoms with Crippen molar-refractivity contribution in [2.45, 2.75) is 13.5 Å². The second kappa shape index (κ2) is 8.33. The number of carbonyl (C=O) groups is 1. The molecule has 2 aromatic rings. The number of carbonyl (C=O) groups excluding carboxylic acids is 1. The van der Waals surface area contributed by atoms with Crippen molar-refractivity contribution in [3.05, 3.63) is 59.4 Å². The van der Waals surface area contributed by atoms with E-state index in [1.54, 1.807) is 0 Å². The number of amides is 1. The molecule has 0 aliphatic carbocycles. The van der Waals surface area contributed by atoms with Crippen molar-refractivity contribution in [2.24, 2.45) is 0 Å². The molecule has 1 aromatic carbocycles. The molecule has 0 radical (unpaired) electrons. The first-order chi connectivity index (χ1) is 12.5. The molecule has 1 aromatic heterocycles. The normalized spacial score (nSPS) is 15.8. The number of benzene rings is 1. The molecule has 0 bridgehead atoms. The summed E-state index contributed by atoms with van der Waals surface area (Å²) in [6.07, 6.45) is 3.72. The monoisotopic (exact) mass is 360 g/mol. The predicted octanol–water partition coefficient (Wildman–Crippen LogP) is 2.42. The molecule has 0 atom stereocenters. The van der Waals surface area contributed by atoms with Gasteiger partial charge in [0, 0.05) is 56.9 Å².